The van der Waals surface area contributed by atoms with Crippen LogP contribution < -0.4 is 5.32 Å². The molecule has 2 fully saturated rings. The van der Waals surface area contributed by atoms with Crippen LogP contribution in [0.1, 0.15) is 72.6 Å². The summed E-state index contributed by atoms with van der Waals surface area (Å²) in [5, 5.41) is 3.65. The molecule has 0 saturated heterocycles. The topological polar surface area (TPSA) is 21.3 Å². The maximum Gasteiger partial charge on any atom is 0.0730 e. The van der Waals surface area contributed by atoms with E-state index in [1.54, 1.807) is 0 Å². The van der Waals surface area contributed by atoms with Crippen LogP contribution in [0.25, 0.3) is 0 Å². The lowest BCUT2D eigenvalue weighted by Gasteiger charge is -2.43. The summed E-state index contributed by atoms with van der Waals surface area (Å²) in [5.41, 5.74) is 0.468. The Kier molecular flexibility index (Phi) is 5.92. The van der Waals surface area contributed by atoms with Crippen LogP contribution in [0.15, 0.2) is 0 Å². The average molecular weight is 281 g/mol. The lowest BCUT2D eigenvalue weighted by atomic mass is 9.68. The van der Waals surface area contributed by atoms with Crippen LogP contribution >= 0.6 is 0 Å². The summed E-state index contributed by atoms with van der Waals surface area (Å²) >= 11 is 0. The van der Waals surface area contributed by atoms with Gasteiger partial charge in [0.25, 0.3) is 0 Å². The van der Waals surface area contributed by atoms with Crippen molar-refractivity contribution in [2.24, 2.45) is 17.3 Å². The van der Waals surface area contributed by atoms with Crippen molar-refractivity contribution in [1.82, 2.24) is 5.32 Å². The molecule has 0 heterocycles. The van der Waals surface area contributed by atoms with Gasteiger partial charge >= 0.3 is 0 Å². The van der Waals surface area contributed by atoms with E-state index in [0.717, 1.165) is 25.0 Å². The van der Waals surface area contributed by atoms with Crippen molar-refractivity contribution in [3.63, 3.8) is 0 Å². The Bertz CT molecular complexity index is 285. The molecule has 0 radical (unpaired) electrons. The maximum absolute atomic E-state index is 6.31. The zero-order valence-corrected chi connectivity index (χ0v) is 14.1. The van der Waals surface area contributed by atoms with Crippen molar-refractivity contribution < 1.29 is 4.74 Å². The summed E-state index contributed by atoms with van der Waals surface area (Å²) in [7, 11) is 0. The molecule has 2 rings (SSSR count). The number of likely N-dealkylation sites (N-methyl/N-ethyl adjacent to an activating group) is 1. The highest BCUT2D eigenvalue weighted by Gasteiger charge is 2.37. The SMILES string of the molecule is CCNC1CCC(C(C)(C)CC)CC1OCCC1CC1. The molecule has 0 spiro atoms. The second kappa shape index (κ2) is 7.26. The van der Waals surface area contributed by atoms with Crippen LogP contribution in [0.5, 0.6) is 0 Å². The number of ether oxygens (including phenoxy) is 1. The van der Waals surface area contributed by atoms with Crippen molar-refractivity contribution in [1.29, 1.82) is 0 Å². The molecule has 20 heavy (non-hydrogen) atoms. The molecule has 1 N–H and O–H groups in total. The fourth-order valence-electron chi connectivity index (χ4n) is 3.60. The van der Waals surface area contributed by atoms with Gasteiger partial charge in [-0.1, -0.05) is 47.0 Å². The van der Waals surface area contributed by atoms with Crippen LogP contribution in [-0.2, 0) is 4.74 Å². The van der Waals surface area contributed by atoms with Crippen molar-refractivity contribution in [3.8, 4) is 0 Å². The molecule has 0 aliphatic heterocycles. The summed E-state index contributed by atoms with van der Waals surface area (Å²) in [4.78, 5) is 0. The number of nitrogens with one attached hydrogen (secondary N) is 1. The molecule has 2 saturated carbocycles. The minimum atomic E-state index is 0.443. The molecule has 3 atom stereocenters. The van der Waals surface area contributed by atoms with E-state index in [1.807, 2.05) is 0 Å². The van der Waals surface area contributed by atoms with Crippen molar-refractivity contribution in [2.75, 3.05) is 13.2 Å². The average Bonchev–Trinajstić information content (AvgIpc) is 3.25. The quantitative estimate of drug-likeness (QED) is 0.712. The predicted octanol–water partition coefficient (Wildman–Crippen LogP) is 4.39. The molecule has 0 bridgehead atoms. The van der Waals surface area contributed by atoms with Crippen LogP contribution in [0, 0.1) is 17.3 Å². The van der Waals surface area contributed by atoms with Gasteiger partial charge in [0.1, 0.15) is 0 Å². The molecule has 118 valence electrons. The van der Waals surface area contributed by atoms with Crippen molar-refractivity contribution in [3.05, 3.63) is 0 Å². The number of rotatable bonds is 8. The molecular weight excluding hydrogens is 246 g/mol. The highest BCUT2D eigenvalue weighted by atomic mass is 16.5. The molecule has 0 aromatic heterocycles. The van der Waals surface area contributed by atoms with Gasteiger partial charge in [-0.2, -0.15) is 0 Å². The first-order valence-corrected chi connectivity index (χ1v) is 8.91. The number of hydrogen-bond donors (Lipinski definition) is 1. The Morgan fingerprint density at radius 2 is 1.85 bits per heavy atom. The first-order valence-electron chi connectivity index (χ1n) is 8.91. The highest BCUT2D eigenvalue weighted by Crippen LogP contribution is 2.41. The fraction of sp³-hybridized carbons (Fsp3) is 1.00. The first kappa shape index (κ1) is 16.3. The minimum Gasteiger partial charge on any atom is -0.377 e. The summed E-state index contributed by atoms with van der Waals surface area (Å²) in [6.45, 7) is 11.5. The molecule has 3 unspecified atom stereocenters. The monoisotopic (exact) mass is 281 g/mol. The van der Waals surface area contributed by atoms with E-state index in [4.69, 9.17) is 4.74 Å². The zero-order chi connectivity index (χ0) is 14.6. The van der Waals surface area contributed by atoms with E-state index in [2.05, 4.69) is 33.0 Å². The zero-order valence-electron chi connectivity index (χ0n) is 14.1. The summed E-state index contributed by atoms with van der Waals surface area (Å²) in [6.07, 6.45) is 9.79. The molecular formula is C18H35NO. The molecule has 2 aliphatic rings. The smallest absolute Gasteiger partial charge is 0.0730 e. The van der Waals surface area contributed by atoms with Gasteiger partial charge in [0.2, 0.25) is 0 Å². The summed E-state index contributed by atoms with van der Waals surface area (Å²) in [5.74, 6) is 1.81. The lowest BCUT2D eigenvalue weighted by Crippen LogP contribution is -2.47. The van der Waals surface area contributed by atoms with Gasteiger partial charge in [-0.05, 0) is 49.5 Å². The second-order valence-electron chi connectivity index (χ2n) is 7.66. The lowest BCUT2D eigenvalue weighted by molar-refractivity contribution is -0.0325. The molecule has 0 amide bonds. The van der Waals surface area contributed by atoms with Gasteiger partial charge in [-0.15, -0.1) is 0 Å². The van der Waals surface area contributed by atoms with E-state index < -0.39 is 0 Å². The van der Waals surface area contributed by atoms with Crippen LogP contribution in [0.4, 0.5) is 0 Å². The van der Waals surface area contributed by atoms with Gasteiger partial charge in [-0.3, -0.25) is 0 Å². The highest BCUT2D eigenvalue weighted by molar-refractivity contribution is 4.91. The van der Waals surface area contributed by atoms with Crippen LogP contribution in [-0.4, -0.2) is 25.3 Å². The maximum atomic E-state index is 6.31. The Hall–Kier alpha value is -0.0800. The van der Waals surface area contributed by atoms with Gasteiger partial charge in [0.05, 0.1) is 6.10 Å². The van der Waals surface area contributed by atoms with Gasteiger partial charge in [-0.25, -0.2) is 0 Å². The van der Waals surface area contributed by atoms with Gasteiger partial charge < -0.3 is 10.1 Å². The Labute approximate surface area is 126 Å². The Morgan fingerprint density at radius 1 is 1.10 bits per heavy atom. The van der Waals surface area contributed by atoms with Crippen molar-refractivity contribution in [2.45, 2.75) is 84.8 Å². The van der Waals surface area contributed by atoms with Gasteiger partial charge in [0, 0.05) is 12.6 Å². The number of hydrogen-bond acceptors (Lipinski definition) is 2. The van der Waals surface area contributed by atoms with Crippen LogP contribution in [0.2, 0.25) is 0 Å². The summed E-state index contributed by atoms with van der Waals surface area (Å²) in [6, 6.07) is 0.586. The molecule has 2 nitrogen and oxygen atoms in total. The van der Waals surface area contributed by atoms with E-state index in [-0.39, 0.29) is 0 Å². The molecule has 0 aromatic carbocycles. The Balaban J connectivity index is 1.86. The summed E-state index contributed by atoms with van der Waals surface area (Å²) < 4.78 is 6.31. The molecule has 2 heteroatoms. The fourth-order valence-corrected chi connectivity index (χ4v) is 3.60. The van der Waals surface area contributed by atoms with Crippen molar-refractivity contribution >= 4 is 0 Å². The van der Waals surface area contributed by atoms with Crippen LogP contribution in [0.3, 0.4) is 0 Å². The van der Waals surface area contributed by atoms with E-state index in [9.17, 15) is 0 Å². The van der Waals surface area contributed by atoms with Gasteiger partial charge in [0.15, 0.2) is 0 Å². The van der Waals surface area contributed by atoms with E-state index >= 15 is 0 Å². The third-order valence-electron chi connectivity index (χ3n) is 5.83. The third-order valence-corrected chi connectivity index (χ3v) is 5.83. The third kappa shape index (κ3) is 4.46. The standard InChI is InChI=1S/C18H35NO/c1-5-18(3,4)15-9-10-16(19-6-2)17(13-15)20-12-11-14-7-8-14/h14-17,19H,5-13H2,1-4H3. The van der Waals surface area contributed by atoms with E-state index in [1.165, 1.54) is 44.9 Å². The normalized spacial score (nSPS) is 31.5. The predicted molar refractivity (Wildman–Crippen MR) is 86.0 cm³/mol. The minimum absolute atomic E-state index is 0.443. The largest absolute Gasteiger partial charge is 0.377 e. The molecule has 0 aromatic rings. The van der Waals surface area contributed by atoms with E-state index in [0.29, 0.717) is 17.6 Å². The molecule has 2 aliphatic carbocycles. The second-order valence-corrected chi connectivity index (χ2v) is 7.66. The Morgan fingerprint density at radius 3 is 2.45 bits per heavy atom. The first-order chi connectivity index (χ1) is 9.56.